The predicted octanol–water partition coefficient (Wildman–Crippen LogP) is 2.53. The highest BCUT2D eigenvalue weighted by molar-refractivity contribution is 5.85. The van der Waals surface area contributed by atoms with Crippen molar-refractivity contribution in [2.24, 2.45) is 0 Å². The van der Waals surface area contributed by atoms with E-state index in [4.69, 9.17) is 5.11 Å². The van der Waals surface area contributed by atoms with Gasteiger partial charge in [0.15, 0.2) is 0 Å². The summed E-state index contributed by atoms with van der Waals surface area (Å²) in [5, 5.41) is 14.3. The molecule has 1 rings (SSSR count). The second-order valence-corrected chi connectivity index (χ2v) is 7.12. The zero-order valence-electron chi connectivity index (χ0n) is 15.4. The smallest absolute Gasteiger partial charge is 0.305 e. The van der Waals surface area contributed by atoms with Gasteiger partial charge in [-0.15, -0.1) is 0 Å². The van der Waals surface area contributed by atoms with Crippen molar-refractivity contribution in [3.63, 3.8) is 0 Å². The molecule has 6 heteroatoms. The fourth-order valence-electron chi connectivity index (χ4n) is 2.38. The molecule has 0 heterocycles. The Balaban J connectivity index is 2.78. The average molecular weight is 348 g/mol. The number of benzene rings is 1. The number of hydrogen-bond acceptors (Lipinski definition) is 3. The van der Waals surface area contributed by atoms with Gasteiger partial charge in [0, 0.05) is 6.42 Å². The van der Waals surface area contributed by atoms with E-state index in [0.717, 1.165) is 11.1 Å². The third-order valence-corrected chi connectivity index (χ3v) is 3.82. The highest BCUT2D eigenvalue weighted by atomic mass is 16.4. The molecule has 6 nitrogen and oxygen atoms in total. The van der Waals surface area contributed by atoms with Crippen LogP contribution in [0.5, 0.6) is 0 Å². The van der Waals surface area contributed by atoms with Crippen LogP contribution in [0.25, 0.3) is 0 Å². The van der Waals surface area contributed by atoms with Crippen LogP contribution in [0.3, 0.4) is 0 Å². The Bertz CT molecular complexity index is 603. The van der Waals surface area contributed by atoms with Crippen LogP contribution in [0, 0.1) is 0 Å². The first-order valence-corrected chi connectivity index (χ1v) is 8.51. The van der Waals surface area contributed by atoms with E-state index in [9.17, 15) is 14.4 Å². The number of carbonyl (C=O) groups excluding carboxylic acids is 2. The van der Waals surface area contributed by atoms with E-state index in [0.29, 0.717) is 12.8 Å². The second kappa shape index (κ2) is 9.20. The van der Waals surface area contributed by atoms with Gasteiger partial charge in [0.25, 0.3) is 0 Å². The van der Waals surface area contributed by atoms with E-state index < -0.39 is 17.9 Å². The van der Waals surface area contributed by atoms with Crippen LogP contribution < -0.4 is 10.6 Å². The lowest BCUT2D eigenvalue weighted by Crippen LogP contribution is -2.39. The van der Waals surface area contributed by atoms with Crippen molar-refractivity contribution in [1.29, 1.82) is 0 Å². The number of amides is 2. The van der Waals surface area contributed by atoms with Crippen LogP contribution in [-0.2, 0) is 19.8 Å². The van der Waals surface area contributed by atoms with Crippen molar-refractivity contribution < 1.29 is 19.5 Å². The average Bonchev–Trinajstić information content (AvgIpc) is 2.51. The van der Waals surface area contributed by atoms with Crippen LogP contribution in [-0.4, -0.2) is 29.4 Å². The minimum Gasteiger partial charge on any atom is -0.481 e. The molecular weight excluding hydrogens is 320 g/mol. The summed E-state index contributed by atoms with van der Waals surface area (Å²) < 4.78 is 0. The quantitative estimate of drug-likeness (QED) is 0.673. The Morgan fingerprint density at radius 2 is 1.68 bits per heavy atom. The second-order valence-electron chi connectivity index (χ2n) is 7.12. The van der Waals surface area contributed by atoms with E-state index >= 15 is 0 Å². The molecule has 0 aliphatic heterocycles. The van der Waals surface area contributed by atoms with Gasteiger partial charge >= 0.3 is 5.97 Å². The molecule has 1 aromatic rings. The largest absolute Gasteiger partial charge is 0.481 e. The molecule has 2 amide bonds. The summed E-state index contributed by atoms with van der Waals surface area (Å²) in [6.07, 6.45) is 0.846. The van der Waals surface area contributed by atoms with Crippen molar-refractivity contribution >= 4 is 17.8 Å². The fraction of sp³-hybridized carbons (Fsp3) is 0.526. The molecule has 1 aromatic carbocycles. The number of carbonyl (C=O) groups is 3. The first kappa shape index (κ1) is 20.7. The first-order valence-electron chi connectivity index (χ1n) is 8.51. The summed E-state index contributed by atoms with van der Waals surface area (Å²) in [7, 11) is 0. The minimum atomic E-state index is -1.000. The van der Waals surface area contributed by atoms with Gasteiger partial charge in [0.1, 0.15) is 0 Å². The molecule has 1 unspecified atom stereocenters. The van der Waals surface area contributed by atoms with Gasteiger partial charge in [-0.3, -0.25) is 14.4 Å². The lowest BCUT2D eigenvalue weighted by Gasteiger charge is -2.22. The summed E-state index contributed by atoms with van der Waals surface area (Å²) in [5.74, 6) is -1.60. The summed E-state index contributed by atoms with van der Waals surface area (Å²) in [4.78, 5) is 34.6. The number of carboxylic acid groups (broad SMARTS) is 1. The van der Waals surface area contributed by atoms with E-state index in [2.05, 4.69) is 31.4 Å². The molecule has 0 saturated heterocycles. The number of aliphatic carboxylic acids is 1. The lowest BCUT2D eigenvalue weighted by atomic mass is 9.86. The van der Waals surface area contributed by atoms with E-state index in [1.165, 1.54) is 0 Å². The third kappa shape index (κ3) is 7.37. The van der Waals surface area contributed by atoms with Crippen LogP contribution in [0.1, 0.15) is 64.1 Å². The van der Waals surface area contributed by atoms with E-state index in [1.807, 2.05) is 31.2 Å². The molecule has 0 radical (unpaired) electrons. The van der Waals surface area contributed by atoms with Crippen molar-refractivity contribution in [1.82, 2.24) is 10.6 Å². The molecule has 0 spiro atoms. The standard InChI is InChI=1S/C19H28N2O4/c1-5-6-16(22)20-12-17(23)21-15(11-18(24)25)13-7-9-14(10-8-13)19(2,3)4/h7-10,15H,5-6,11-12H2,1-4H3,(H,20,22)(H,21,23)(H,24,25). The highest BCUT2D eigenvalue weighted by Gasteiger charge is 2.20. The van der Waals surface area contributed by atoms with Gasteiger partial charge in [0.2, 0.25) is 11.8 Å². The predicted molar refractivity (Wildman–Crippen MR) is 96.2 cm³/mol. The van der Waals surface area contributed by atoms with Gasteiger partial charge in [-0.25, -0.2) is 0 Å². The Hall–Kier alpha value is -2.37. The maximum Gasteiger partial charge on any atom is 0.305 e. The van der Waals surface area contributed by atoms with Crippen molar-refractivity contribution in [2.75, 3.05) is 6.54 Å². The summed E-state index contributed by atoms with van der Waals surface area (Å²) >= 11 is 0. The summed E-state index contributed by atoms with van der Waals surface area (Å²) in [6, 6.07) is 6.93. The normalized spacial score (nSPS) is 12.3. The summed E-state index contributed by atoms with van der Waals surface area (Å²) in [5.41, 5.74) is 1.85. The first-order chi connectivity index (χ1) is 11.6. The minimum absolute atomic E-state index is 0.00632. The molecule has 0 saturated carbocycles. The Labute approximate surface area is 149 Å². The molecule has 0 aromatic heterocycles. The van der Waals surface area contributed by atoms with E-state index in [-0.39, 0.29) is 24.3 Å². The van der Waals surface area contributed by atoms with Gasteiger partial charge < -0.3 is 15.7 Å². The number of carboxylic acids is 1. The molecule has 3 N–H and O–H groups in total. The van der Waals surface area contributed by atoms with Gasteiger partial charge in [-0.2, -0.15) is 0 Å². The molecule has 0 bridgehead atoms. The molecule has 138 valence electrons. The molecule has 1 atom stereocenters. The lowest BCUT2D eigenvalue weighted by molar-refractivity contribution is -0.138. The third-order valence-electron chi connectivity index (χ3n) is 3.82. The maximum absolute atomic E-state index is 12.0. The fourth-order valence-corrected chi connectivity index (χ4v) is 2.38. The Morgan fingerprint density at radius 3 is 2.16 bits per heavy atom. The topological polar surface area (TPSA) is 95.5 Å². The molecular formula is C19H28N2O4. The van der Waals surface area contributed by atoms with E-state index in [1.54, 1.807) is 0 Å². The summed E-state index contributed by atoms with van der Waals surface area (Å²) in [6.45, 7) is 8.01. The SMILES string of the molecule is CCCC(=O)NCC(=O)NC(CC(=O)O)c1ccc(C(C)(C)C)cc1. The molecule has 0 aliphatic rings. The zero-order chi connectivity index (χ0) is 19.0. The maximum atomic E-state index is 12.0. The van der Waals surface area contributed by atoms with Crippen LogP contribution in [0.4, 0.5) is 0 Å². The van der Waals surface area contributed by atoms with Crippen molar-refractivity contribution in [3.8, 4) is 0 Å². The van der Waals surface area contributed by atoms with Crippen molar-refractivity contribution in [2.45, 2.75) is 58.4 Å². The van der Waals surface area contributed by atoms with Gasteiger partial charge in [-0.05, 0) is 23.0 Å². The number of nitrogens with one attached hydrogen (secondary N) is 2. The Kier molecular flexibility index (Phi) is 7.61. The van der Waals surface area contributed by atoms with Crippen LogP contribution in [0.2, 0.25) is 0 Å². The number of hydrogen-bond donors (Lipinski definition) is 3. The van der Waals surface area contributed by atoms with Gasteiger partial charge in [-0.1, -0.05) is 52.0 Å². The van der Waals surface area contributed by atoms with Gasteiger partial charge in [0.05, 0.1) is 19.0 Å². The number of rotatable bonds is 8. The molecule has 25 heavy (non-hydrogen) atoms. The zero-order valence-corrected chi connectivity index (χ0v) is 15.4. The van der Waals surface area contributed by atoms with Crippen molar-refractivity contribution in [3.05, 3.63) is 35.4 Å². The monoisotopic (exact) mass is 348 g/mol. The van der Waals surface area contributed by atoms with Crippen LogP contribution >= 0.6 is 0 Å². The molecule has 0 aliphatic carbocycles. The Morgan fingerprint density at radius 1 is 1.08 bits per heavy atom. The highest BCUT2D eigenvalue weighted by Crippen LogP contribution is 2.25. The van der Waals surface area contributed by atoms with Crippen LogP contribution in [0.15, 0.2) is 24.3 Å². The molecule has 0 fully saturated rings.